The van der Waals surface area contributed by atoms with Gasteiger partial charge >= 0.3 is 0 Å². The molecule has 0 spiro atoms. The Labute approximate surface area is 140 Å². The van der Waals surface area contributed by atoms with Crippen LogP contribution in [0.4, 0.5) is 17.5 Å². The molecule has 120 valence electrons. The number of para-hydroxylation sites is 1. The highest BCUT2D eigenvalue weighted by Gasteiger charge is 2.02. The Hall–Kier alpha value is -3.41. The van der Waals surface area contributed by atoms with E-state index < -0.39 is 0 Å². The van der Waals surface area contributed by atoms with E-state index in [0.29, 0.717) is 18.3 Å². The Balaban J connectivity index is 1.64. The molecule has 0 bridgehead atoms. The standard InChI is InChI=1S/C18H17N5O/c1-2-12-19-17-13-20-23-18(22-17)21-14-8-10-16(11-9-14)24-15-6-4-3-5-7-15/h2-11,13H,1,12H2,(H2,19,21,22,23). The summed E-state index contributed by atoms with van der Waals surface area (Å²) in [6.45, 7) is 4.27. The van der Waals surface area contributed by atoms with Gasteiger partial charge in [-0.05, 0) is 36.4 Å². The topological polar surface area (TPSA) is 72.0 Å². The van der Waals surface area contributed by atoms with Gasteiger partial charge in [-0.2, -0.15) is 10.1 Å². The number of benzene rings is 2. The van der Waals surface area contributed by atoms with Crippen molar-refractivity contribution in [1.29, 1.82) is 0 Å². The minimum absolute atomic E-state index is 0.417. The molecule has 24 heavy (non-hydrogen) atoms. The van der Waals surface area contributed by atoms with Gasteiger partial charge in [0.05, 0.1) is 6.20 Å². The van der Waals surface area contributed by atoms with E-state index in [0.717, 1.165) is 17.2 Å². The van der Waals surface area contributed by atoms with Gasteiger partial charge in [-0.15, -0.1) is 11.7 Å². The van der Waals surface area contributed by atoms with Crippen LogP contribution in [0.2, 0.25) is 0 Å². The van der Waals surface area contributed by atoms with Crippen molar-refractivity contribution >= 4 is 17.5 Å². The summed E-state index contributed by atoms with van der Waals surface area (Å²) in [6, 6.07) is 17.2. The van der Waals surface area contributed by atoms with Gasteiger partial charge in [0, 0.05) is 12.2 Å². The lowest BCUT2D eigenvalue weighted by molar-refractivity contribution is 0.483. The summed E-state index contributed by atoms with van der Waals surface area (Å²) in [4.78, 5) is 4.32. The fraction of sp³-hybridized carbons (Fsp3) is 0.0556. The average molecular weight is 319 g/mol. The molecule has 0 aliphatic heterocycles. The van der Waals surface area contributed by atoms with Gasteiger partial charge in [-0.3, -0.25) is 0 Å². The molecule has 0 radical (unpaired) electrons. The van der Waals surface area contributed by atoms with Crippen molar-refractivity contribution in [3.63, 3.8) is 0 Å². The molecule has 1 heterocycles. The molecule has 0 aliphatic carbocycles. The molecule has 0 fully saturated rings. The highest BCUT2D eigenvalue weighted by molar-refractivity contribution is 5.55. The van der Waals surface area contributed by atoms with Crippen LogP contribution in [0.3, 0.4) is 0 Å². The third kappa shape index (κ3) is 4.30. The molecule has 1 aromatic heterocycles. The molecule has 0 amide bonds. The molecule has 6 heteroatoms. The smallest absolute Gasteiger partial charge is 0.249 e. The molecule has 3 aromatic rings. The molecule has 0 atom stereocenters. The lowest BCUT2D eigenvalue weighted by Gasteiger charge is -2.08. The first kappa shape index (κ1) is 15.5. The summed E-state index contributed by atoms with van der Waals surface area (Å²) in [5, 5.41) is 14.0. The highest BCUT2D eigenvalue weighted by Crippen LogP contribution is 2.23. The summed E-state index contributed by atoms with van der Waals surface area (Å²) in [7, 11) is 0. The van der Waals surface area contributed by atoms with E-state index in [-0.39, 0.29) is 0 Å². The lowest BCUT2D eigenvalue weighted by atomic mass is 10.3. The maximum atomic E-state index is 5.76. The molecule has 0 unspecified atom stereocenters. The molecule has 0 saturated heterocycles. The molecule has 0 aliphatic rings. The lowest BCUT2D eigenvalue weighted by Crippen LogP contribution is -2.05. The molecular weight excluding hydrogens is 302 g/mol. The normalized spacial score (nSPS) is 10.0. The second kappa shape index (κ2) is 7.73. The Morgan fingerprint density at radius 3 is 2.50 bits per heavy atom. The van der Waals surface area contributed by atoms with E-state index >= 15 is 0 Å². The molecule has 2 aromatic carbocycles. The minimum atomic E-state index is 0.417. The molecular formula is C18H17N5O. The zero-order chi connectivity index (χ0) is 16.6. The van der Waals surface area contributed by atoms with Crippen molar-refractivity contribution < 1.29 is 4.74 Å². The Bertz CT molecular complexity index is 790. The zero-order valence-electron chi connectivity index (χ0n) is 13.0. The van der Waals surface area contributed by atoms with E-state index in [1.807, 2.05) is 54.6 Å². The van der Waals surface area contributed by atoms with Crippen LogP contribution in [0.25, 0.3) is 0 Å². The van der Waals surface area contributed by atoms with Gasteiger partial charge in [0.25, 0.3) is 0 Å². The fourth-order valence-corrected chi connectivity index (χ4v) is 1.98. The Morgan fingerprint density at radius 1 is 1.00 bits per heavy atom. The predicted octanol–water partition coefficient (Wildman–Crippen LogP) is 4.01. The summed E-state index contributed by atoms with van der Waals surface area (Å²) >= 11 is 0. The van der Waals surface area contributed by atoms with Crippen LogP contribution in [0.5, 0.6) is 11.5 Å². The Kier molecular flexibility index (Phi) is 4.99. The average Bonchev–Trinajstić information content (AvgIpc) is 2.63. The SMILES string of the molecule is C=CCNc1cnnc(Nc2ccc(Oc3ccccc3)cc2)n1. The predicted molar refractivity (Wildman–Crippen MR) is 94.8 cm³/mol. The van der Waals surface area contributed by atoms with Crippen LogP contribution in [-0.2, 0) is 0 Å². The van der Waals surface area contributed by atoms with Crippen LogP contribution in [-0.4, -0.2) is 21.7 Å². The summed E-state index contributed by atoms with van der Waals surface area (Å²) in [5.74, 6) is 2.61. The number of anilines is 3. The number of rotatable bonds is 7. The van der Waals surface area contributed by atoms with Gasteiger partial charge < -0.3 is 15.4 Å². The number of ether oxygens (including phenoxy) is 1. The largest absolute Gasteiger partial charge is 0.457 e. The summed E-state index contributed by atoms with van der Waals surface area (Å²) in [5.41, 5.74) is 0.845. The van der Waals surface area contributed by atoms with Crippen LogP contribution in [0.1, 0.15) is 0 Å². The monoisotopic (exact) mass is 319 g/mol. The molecule has 2 N–H and O–H groups in total. The first-order valence-electron chi connectivity index (χ1n) is 7.48. The van der Waals surface area contributed by atoms with Crippen molar-refractivity contribution in [2.75, 3.05) is 17.2 Å². The maximum Gasteiger partial charge on any atom is 0.249 e. The van der Waals surface area contributed by atoms with E-state index in [1.165, 1.54) is 0 Å². The van der Waals surface area contributed by atoms with Crippen LogP contribution in [0.15, 0.2) is 73.4 Å². The highest BCUT2D eigenvalue weighted by atomic mass is 16.5. The van der Waals surface area contributed by atoms with Crippen LogP contribution in [0, 0.1) is 0 Å². The minimum Gasteiger partial charge on any atom is -0.457 e. The van der Waals surface area contributed by atoms with Gasteiger partial charge in [-0.1, -0.05) is 24.3 Å². The quantitative estimate of drug-likeness (QED) is 0.641. The van der Waals surface area contributed by atoms with Crippen LogP contribution >= 0.6 is 0 Å². The van der Waals surface area contributed by atoms with Crippen molar-refractivity contribution in [2.24, 2.45) is 0 Å². The number of hydrogen-bond donors (Lipinski definition) is 2. The van der Waals surface area contributed by atoms with E-state index in [1.54, 1.807) is 12.3 Å². The van der Waals surface area contributed by atoms with Crippen molar-refractivity contribution in [2.45, 2.75) is 0 Å². The Morgan fingerprint density at radius 2 is 1.75 bits per heavy atom. The molecule has 0 saturated carbocycles. The third-order valence-electron chi connectivity index (χ3n) is 3.08. The van der Waals surface area contributed by atoms with Crippen LogP contribution < -0.4 is 15.4 Å². The molecule has 3 rings (SSSR count). The van der Waals surface area contributed by atoms with Gasteiger partial charge in [0.2, 0.25) is 5.95 Å². The number of hydrogen-bond acceptors (Lipinski definition) is 6. The number of nitrogens with zero attached hydrogens (tertiary/aromatic N) is 3. The second-order valence-corrected chi connectivity index (χ2v) is 4.90. The van der Waals surface area contributed by atoms with Gasteiger partial charge in [-0.25, -0.2) is 0 Å². The van der Waals surface area contributed by atoms with E-state index in [4.69, 9.17) is 4.74 Å². The van der Waals surface area contributed by atoms with Gasteiger partial charge in [0.15, 0.2) is 5.82 Å². The zero-order valence-corrected chi connectivity index (χ0v) is 13.0. The van der Waals surface area contributed by atoms with E-state index in [9.17, 15) is 0 Å². The first-order chi connectivity index (χ1) is 11.8. The summed E-state index contributed by atoms with van der Waals surface area (Å²) < 4.78 is 5.76. The molecule has 6 nitrogen and oxygen atoms in total. The summed E-state index contributed by atoms with van der Waals surface area (Å²) in [6.07, 6.45) is 3.31. The first-order valence-corrected chi connectivity index (χ1v) is 7.48. The second-order valence-electron chi connectivity index (χ2n) is 4.90. The van der Waals surface area contributed by atoms with Gasteiger partial charge in [0.1, 0.15) is 11.5 Å². The fourth-order valence-electron chi connectivity index (χ4n) is 1.98. The third-order valence-corrected chi connectivity index (χ3v) is 3.08. The maximum absolute atomic E-state index is 5.76. The number of nitrogens with one attached hydrogen (secondary N) is 2. The van der Waals surface area contributed by atoms with E-state index in [2.05, 4.69) is 32.4 Å². The number of aromatic nitrogens is 3. The van der Waals surface area contributed by atoms with Crippen molar-refractivity contribution in [3.8, 4) is 11.5 Å². The van der Waals surface area contributed by atoms with Crippen molar-refractivity contribution in [3.05, 3.63) is 73.4 Å². The van der Waals surface area contributed by atoms with Crippen molar-refractivity contribution in [1.82, 2.24) is 15.2 Å².